The van der Waals surface area contributed by atoms with Crippen LogP contribution >= 0.6 is 0 Å². The van der Waals surface area contributed by atoms with Gasteiger partial charge in [-0.2, -0.15) is 0 Å². The van der Waals surface area contributed by atoms with E-state index in [1.54, 1.807) is 7.11 Å². The van der Waals surface area contributed by atoms with E-state index in [2.05, 4.69) is 0 Å². The Balaban J connectivity index is 1.84. The molecule has 1 fully saturated rings. The highest BCUT2D eigenvalue weighted by molar-refractivity contribution is 6.27. The lowest BCUT2D eigenvalue weighted by atomic mass is 10.3. The van der Waals surface area contributed by atoms with Gasteiger partial charge in [-0.05, 0) is 25.8 Å². The number of hydrogen-bond donors (Lipinski definition) is 0. The third-order valence-corrected chi connectivity index (χ3v) is 3.73. The van der Waals surface area contributed by atoms with Crippen LogP contribution in [0.2, 0.25) is 6.04 Å². The number of epoxide rings is 1. The fourth-order valence-electron chi connectivity index (χ4n) is 1.41. The maximum absolute atomic E-state index is 5.68. The normalized spacial score (nSPS) is 21.3. The van der Waals surface area contributed by atoms with Gasteiger partial charge in [-0.3, -0.25) is 0 Å². The summed E-state index contributed by atoms with van der Waals surface area (Å²) in [6, 6.07) is 1.06. The Hall–Kier alpha value is 0.0169. The molecule has 6 heteroatoms. The van der Waals surface area contributed by atoms with E-state index in [-0.39, 0.29) is 12.6 Å². The third kappa shape index (κ3) is 9.54. The van der Waals surface area contributed by atoms with Crippen LogP contribution in [0.25, 0.3) is 0 Å². The Labute approximate surface area is 118 Å². The van der Waals surface area contributed by atoms with Crippen molar-refractivity contribution in [3.8, 4) is 0 Å². The van der Waals surface area contributed by atoms with Crippen LogP contribution in [0.3, 0.4) is 0 Å². The molecule has 112 valence electrons. The van der Waals surface area contributed by atoms with Crippen molar-refractivity contribution < 1.29 is 23.4 Å². The quantitative estimate of drug-likeness (QED) is 0.225. The minimum atomic E-state index is -0.215. The Kier molecular flexibility index (Phi) is 9.67. The van der Waals surface area contributed by atoms with Gasteiger partial charge in [0.1, 0.15) is 12.4 Å². The molecule has 0 spiro atoms. The summed E-state index contributed by atoms with van der Waals surface area (Å²) in [7, 11) is 2.11. The summed E-state index contributed by atoms with van der Waals surface area (Å²) in [5.74, 6) is 0. The van der Waals surface area contributed by atoms with Gasteiger partial charge in [-0.25, -0.2) is 0 Å². The monoisotopic (exact) mass is 290 g/mol. The zero-order chi connectivity index (χ0) is 13.9. The standard InChI is InChI=1S/C13H26O5Si/c1-4-13(17-11(2)14-3)18-19-8-6-5-7-15-9-12-10-16-12/h11-13H,4-10H2,1-3H3. The lowest BCUT2D eigenvalue weighted by molar-refractivity contribution is -0.201. The smallest absolute Gasteiger partial charge is 0.233 e. The molecule has 0 saturated carbocycles. The van der Waals surface area contributed by atoms with Gasteiger partial charge >= 0.3 is 0 Å². The average Bonchev–Trinajstić information content (AvgIpc) is 3.24. The fourth-order valence-corrected chi connectivity index (χ4v) is 2.33. The van der Waals surface area contributed by atoms with Crippen LogP contribution in [-0.4, -0.2) is 55.4 Å². The van der Waals surface area contributed by atoms with Crippen molar-refractivity contribution in [1.29, 1.82) is 0 Å². The van der Waals surface area contributed by atoms with Crippen LogP contribution < -0.4 is 0 Å². The third-order valence-electron chi connectivity index (χ3n) is 2.75. The van der Waals surface area contributed by atoms with Gasteiger partial charge < -0.3 is 23.4 Å². The predicted octanol–water partition coefficient (Wildman–Crippen LogP) is 1.98. The summed E-state index contributed by atoms with van der Waals surface area (Å²) in [6.07, 6.45) is 3.04. The summed E-state index contributed by atoms with van der Waals surface area (Å²) < 4.78 is 26.8. The Morgan fingerprint density at radius 3 is 2.79 bits per heavy atom. The minimum absolute atomic E-state index is 0.156. The van der Waals surface area contributed by atoms with Gasteiger partial charge in [0.25, 0.3) is 0 Å². The van der Waals surface area contributed by atoms with E-state index < -0.39 is 0 Å². The van der Waals surface area contributed by atoms with Crippen molar-refractivity contribution in [3.63, 3.8) is 0 Å². The van der Waals surface area contributed by atoms with Crippen molar-refractivity contribution in [3.05, 3.63) is 0 Å². The lowest BCUT2D eigenvalue weighted by Gasteiger charge is -2.20. The summed E-state index contributed by atoms with van der Waals surface area (Å²) in [5, 5.41) is 0. The molecule has 1 rings (SSSR count). The first-order valence-electron chi connectivity index (χ1n) is 7.02. The molecule has 0 N–H and O–H groups in total. The van der Waals surface area contributed by atoms with Gasteiger partial charge in [0.15, 0.2) is 6.29 Å². The molecule has 0 aromatic rings. The molecule has 3 unspecified atom stereocenters. The van der Waals surface area contributed by atoms with E-state index in [0.29, 0.717) is 15.9 Å². The maximum atomic E-state index is 5.68. The van der Waals surface area contributed by atoms with E-state index >= 15 is 0 Å². The van der Waals surface area contributed by atoms with Crippen molar-refractivity contribution in [2.24, 2.45) is 0 Å². The van der Waals surface area contributed by atoms with Crippen molar-refractivity contribution in [1.82, 2.24) is 0 Å². The van der Waals surface area contributed by atoms with Crippen LogP contribution in [0, 0.1) is 0 Å². The molecular formula is C13H26O5Si. The topological polar surface area (TPSA) is 49.5 Å². The van der Waals surface area contributed by atoms with E-state index in [1.165, 1.54) is 0 Å². The Bertz CT molecular complexity index is 213. The van der Waals surface area contributed by atoms with E-state index in [9.17, 15) is 0 Å². The zero-order valence-corrected chi connectivity index (χ0v) is 13.2. The van der Waals surface area contributed by atoms with Crippen LogP contribution in [0.1, 0.15) is 33.1 Å². The SMILES string of the molecule is CCC(O[Si]CCCCOCC1CO1)OC(C)OC. The fraction of sp³-hybridized carbons (Fsp3) is 1.00. The van der Waals surface area contributed by atoms with Crippen molar-refractivity contribution in [2.45, 2.75) is 57.8 Å². The summed E-state index contributed by atoms with van der Waals surface area (Å²) >= 11 is 0. The van der Waals surface area contributed by atoms with Gasteiger partial charge in [0, 0.05) is 13.7 Å². The molecule has 3 atom stereocenters. The second kappa shape index (κ2) is 10.8. The first kappa shape index (κ1) is 17.1. The van der Waals surface area contributed by atoms with Crippen molar-refractivity contribution in [2.75, 3.05) is 26.9 Å². The Morgan fingerprint density at radius 1 is 1.37 bits per heavy atom. The van der Waals surface area contributed by atoms with Crippen LogP contribution in [-0.2, 0) is 23.4 Å². The molecule has 0 aromatic heterocycles. The van der Waals surface area contributed by atoms with Crippen LogP contribution in [0.4, 0.5) is 0 Å². The maximum Gasteiger partial charge on any atom is 0.233 e. The van der Waals surface area contributed by atoms with E-state index in [1.807, 2.05) is 13.8 Å². The molecule has 1 aliphatic heterocycles. The van der Waals surface area contributed by atoms with Crippen molar-refractivity contribution >= 4 is 9.76 Å². The second-order valence-electron chi connectivity index (χ2n) is 4.53. The minimum Gasteiger partial charge on any atom is -0.393 e. The number of ether oxygens (including phenoxy) is 4. The van der Waals surface area contributed by atoms with Gasteiger partial charge in [-0.1, -0.05) is 13.3 Å². The predicted molar refractivity (Wildman–Crippen MR) is 73.1 cm³/mol. The van der Waals surface area contributed by atoms with E-state index in [4.69, 9.17) is 23.4 Å². The highest BCUT2D eigenvalue weighted by Crippen LogP contribution is 2.09. The van der Waals surface area contributed by atoms with Gasteiger partial charge in [-0.15, -0.1) is 0 Å². The highest BCUT2D eigenvalue weighted by atomic mass is 28.2. The molecule has 1 heterocycles. The largest absolute Gasteiger partial charge is 0.393 e. The average molecular weight is 290 g/mol. The Morgan fingerprint density at radius 2 is 2.16 bits per heavy atom. The van der Waals surface area contributed by atoms with E-state index in [0.717, 1.165) is 45.1 Å². The summed E-state index contributed by atoms with van der Waals surface area (Å²) in [5.41, 5.74) is 0. The molecule has 0 bridgehead atoms. The highest BCUT2D eigenvalue weighted by Gasteiger charge is 2.21. The summed E-state index contributed by atoms with van der Waals surface area (Å²) in [4.78, 5) is 0. The number of hydrogen-bond acceptors (Lipinski definition) is 5. The lowest BCUT2D eigenvalue weighted by Crippen LogP contribution is -2.24. The zero-order valence-electron chi connectivity index (χ0n) is 12.2. The molecule has 5 nitrogen and oxygen atoms in total. The number of rotatable bonds is 13. The van der Waals surface area contributed by atoms with Gasteiger partial charge in [0.05, 0.1) is 13.2 Å². The molecular weight excluding hydrogens is 264 g/mol. The summed E-state index contributed by atoms with van der Waals surface area (Å²) in [6.45, 7) is 6.35. The molecule has 0 aromatic carbocycles. The molecule has 1 aliphatic rings. The molecule has 1 saturated heterocycles. The number of unbranched alkanes of at least 4 members (excludes halogenated alkanes) is 1. The molecule has 0 amide bonds. The van der Waals surface area contributed by atoms with Crippen LogP contribution in [0.15, 0.2) is 0 Å². The molecule has 0 aliphatic carbocycles. The van der Waals surface area contributed by atoms with Gasteiger partial charge in [0.2, 0.25) is 9.76 Å². The number of methoxy groups -OCH3 is 1. The molecule has 2 radical (unpaired) electrons. The first-order chi connectivity index (χ1) is 9.26. The first-order valence-corrected chi connectivity index (χ1v) is 8.14. The second-order valence-corrected chi connectivity index (χ2v) is 5.55. The van der Waals surface area contributed by atoms with Crippen LogP contribution in [0.5, 0.6) is 0 Å². The molecule has 19 heavy (non-hydrogen) atoms.